The van der Waals surface area contributed by atoms with Gasteiger partial charge in [0.2, 0.25) is 11.8 Å². The van der Waals surface area contributed by atoms with Crippen LogP contribution in [0.4, 0.5) is 11.6 Å². The molecule has 1 aliphatic carbocycles. The molecule has 1 aliphatic rings. The Morgan fingerprint density at radius 1 is 1.03 bits per heavy atom. The summed E-state index contributed by atoms with van der Waals surface area (Å²) >= 11 is 0. The Bertz CT molecular complexity index is 1600. The van der Waals surface area contributed by atoms with Crippen molar-refractivity contribution in [2.45, 2.75) is 31.8 Å². The van der Waals surface area contributed by atoms with Crippen molar-refractivity contribution in [3.8, 4) is 34.1 Å². The molecule has 0 radical (unpaired) electrons. The summed E-state index contributed by atoms with van der Waals surface area (Å²) in [5.74, 6) is 2.02. The third-order valence-corrected chi connectivity index (χ3v) is 6.98. The van der Waals surface area contributed by atoms with Gasteiger partial charge in [-0.1, -0.05) is 24.3 Å². The van der Waals surface area contributed by atoms with E-state index in [2.05, 4.69) is 37.7 Å². The number of methoxy groups -OCH3 is 1. The molecule has 2 aromatic carbocycles. The van der Waals surface area contributed by atoms with Gasteiger partial charge in [-0.15, -0.1) is 0 Å². The maximum absolute atomic E-state index is 12.1. The van der Waals surface area contributed by atoms with E-state index < -0.39 is 0 Å². The number of fused-ring (bicyclic) bond motifs is 1. The van der Waals surface area contributed by atoms with Crippen LogP contribution >= 0.6 is 0 Å². The average molecular weight is 524 g/mol. The molecule has 4 N–H and O–H groups in total. The second-order valence-corrected chi connectivity index (χ2v) is 9.44. The normalized spacial score (nSPS) is 13.5. The lowest BCUT2D eigenvalue weighted by Gasteiger charge is -2.16. The number of hydrogen-bond acceptors (Lipinski definition) is 7. The molecule has 1 fully saturated rings. The molecule has 0 aliphatic heterocycles. The van der Waals surface area contributed by atoms with Crippen molar-refractivity contribution in [3.05, 3.63) is 66.6 Å². The summed E-state index contributed by atoms with van der Waals surface area (Å²) in [7, 11) is 3.15. The van der Waals surface area contributed by atoms with Gasteiger partial charge in [-0.3, -0.25) is 4.79 Å². The van der Waals surface area contributed by atoms with Gasteiger partial charge in [0.25, 0.3) is 5.91 Å². The van der Waals surface area contributed by atoms with Crippen LogP contribution in [-0.4, -0.2) is 51.1 Å². The van der Waals surface area contributed by atoms with Gasteiger partial charge < -0.3 is 30.1 Å². The third-order valence-electron chi connectivity index (χ3n) is 6.98. The predicted octanol–water partition coefficient (Wildman–Crippen LogP) is 5.45. The van der Waals surface area contributed by atoms with Gasteiger partial charge in [-0.2, -0.15) is 9.97 Å². The molecule has 5 aromatic rings. The molecule has 6 rings (SSSR count). The van der Waals surface area contributed by atoms with Crippen molar-refractivity contribution in [1.29, 1.82) is 0 Å². The van der Waals surface area contributed by atoms with E-state index in [0.717, 1.165) is 53.6 Å². The van der Waals surface area contributed by atoms with Crippen LogP contribution in [0.2, 0.25) is 0 Å². The molecule has 0 atom stereocenters. The summed E-state index contributed by atoms with van der Waals surface area (Å²) < 4.78 is 12.0. The second kappa shape index (κ2) is 10.5. The molecule has 0 bridgehead atoms. The second-order valence-electron chi connectivity index (χ2n) is 9.44. The molecule has 39 heavy (non-hydrogen) atoms. The molecule has 3 aromatic heterocycles. The monoisotopic (exact) mass is 523 g/mol. The summed E-state index contributed by atoms with van der Waals surface area (Å²) in [6.07, 6.45) is 9.89. The molecule has 0 unspecified atom stereocenters. The topological polar surface area (TPSA) is 130 Å². The molecule has 0 saturated heterocycles. The molecular formula is C29H29N7O3. The van der Waals surface area contributed by atoms with Crippen molar-refractivity contribution >= 4 is 28.6 Å². The number of nitrogens with zero attached hydrogens (tertiary/aromatic N) is 3. The Morgan fingerprint density at radius 2 is 1.82 bits per heavy atom. The molecule has 1 saturated carbocycles. The number of imidazole rings is 1. The van der Waals surface area contributed by atoms with E-state index in [1.54, 1.807) is 38.6 Å². The fourth-order valence-electron chi connectivity index (χ4n) is 4.96. The summed E-state index contributed by atoms with van der Waals surface area (Å²) in [5, 5.41) is 6.71. The number of nitrogens with one attached hydrogen (secondary N) is 4. The SMILES string of the molecule is CNC(=O)c1ccc(Nc2nc(OC3CCCC3)c3c(-c4ccc(-c5ncc[nH]5)cc4)c[nH]c3n2)c(OC)c1. The number of aromatic amines is 2. The van der Waals surface area contributed by atoms with Crippen molar-refractivity contribution in [2.75, 3.05) is 19.5 Å². The highest BCUT2D eigenvalue weighted by Gasteiger charge is 2.23. The maximum atomic E-state index is 12.1. The predicted molar refractivity (Wildman–Crippen MR) is 149 cm³/mol. The first-order valence-corrected chi connectivity index (χ1v) is 13.0. The maximum Gasteiger partial charge on any atom is 0.251 e. The summed E-state index contributed by atoms with van der Waals surface area (Å²) in [4.78, 5) is 32.4. The fourth-order valence-corrected chi connectivity index (χ4v) is 4.96. The van der Waals surface area contributed by atoms with Crippen LogP contribution in [0.15, 0.2) is 61.1 Å². The minimum Gasteiger partial charge on any atom is -0.495 e. The minimum absolute atomic E-state index is 0.112. The zero-order chi connectivity index (χ0) is 26.8. The number of anilines is 2. The van der Waals surface area contributed by atoms with Gasteiger partial charge >= 0.3 is 0 Å². The summed E-state index contributed by atoms with van der Waals surface area (Å²) in [6, 6.07) is 13.4. The van der Waals surface area contributed by atoms with Crippen molar-refractivity contribution in [3.63, 3.8) is 0 Å². The number of ether oxygens (including phenoxy) is 2. The van der Waals surface area contributed by atoms with Gasteiger partial charge in [0.15, 0.2) is 0 Å². The van der Waals surface area contributed by atoms with Gasteiger partial charge in [-0.05, 0) is 49.4 Å². The van der Waals surface area contributed by atoms with E-state index in [1.807, 2.05) is 24.5 Å². The lowest BCUT2D eigenvalue weighted by atomic mass is 10.0. The average Bonchev–Trinajstić information content (AvgIpc) is 3.76. The smallest absolute Gasteiger partial charge is 0.251 e. The first kappa shape index (κ1) is 24.5. The molecule has 10 heteroatoms. The van der Waals surface area contributed by atoms with E-state index in [-0.39, 0.29) is 12.0 Å². The number of carbonyl (C=O) groups excluding carboxylic acids is 1. The van der Waals surface area contributed by atoms with Gasteiger partial charge in [-0.25, -0.2) is 4.98 Å². The Hall–Kier alpha value is -4.86. The van der Waals surface area contributed by atoms with Crippen molar-refractivity contribution < 1.29 is 14.3 Å². The third kappa shape index (κ3) is 4.88. The number of carbonyl (C=O) groups is 1. The van der Waals surface area contributed by atoms with Crippen molar-refractivity contribution in [2.24, 2.45) is 0 Å². The number of benzene rings is 2. The van der Waals surface area contributed by atoms with E-state index in [0.29, 0.717) is 34.5 Å². The van der Waals surface area contributed by atoms with Crippen LogP contribution in [0.25, 0.3) is 33.5 Å². The number of aromatic nitrogens is 5. The quantitative estimate of drug-likeness (QED) is 0.213. The number of H-pyrrole nitrogens is 2. The van der Waals surface area contributed by atoms with E-state index in [1.165, 1.54) is 0 Å². The van der Waals surface area contributed by atoms with Gasteiger partial charge in [0.1, 0.15) is 23.3 Å². The summed E-state index contributed by atoms with van der Waals surface area (Å²) in [5.41, 5.74) is 4.77. The van der Waals surface area contributed by atoms with Crippen LogP contribution in [0.1, 0.15) is 36.0 Å². The first-order chi connectivity index (χ1) is 19.1. The number of amides is 1. The molecular weight excluding hydrogens is 494 g/mol. The molecule has 3 heterocycles. The largest absolute Gasteiger partial charge is 0.495 e. The minimum atomic E-state index is -0.194. The van der Waals surface area contributed by atoms with Crippen LogP contribution in [0.3, 0.4) is 0 Å². The molecule has 10 nitrogen and oxygen atoms in total. The van der Waals surface area contributed by atoms with Gasteiger partial charge in [0.05, 0.1) is 18.2 Å². The Balaban J connectivity index is 1.38. The zero-order valence-electron chi connectivity index (χ0n) is 21.7. The highest BCUT2D eigenvalue weighted by Crippen LogP contribution is 2.38. The standard InChI is InChI=1S/C29H29N7O3/c1-30-27(37)19-11-12-22(23(15-19)38-2)34-29-35-26-24(28(36-29)39-20-5-3-4-6-20)21(16-33-26)17-7-9-18(10-8-17)25-31-13-14-32-25/h7-16,20H,3-6H2,1-2H3,(H,30,37)(H,31,32)(H2,33,34,35,36). The zero-order valence-corrected chi connectivity index (χ0v) is 21.7. The van der Waals surface area contributed by atoms with Crippen LogP contribution in [0, 0.1) is 0 Å². The van der Waals surface area contributed by atoms with Gasteiger partial charge in [0, 0.05) is 42.3 Å². The fraction of sp³-hybridized carbons (Fsp3) is 0.241. The van der Waals surface area contributed by atoms with Crippen LogP contribution in [-0.2, 0) is 0 Å². The lowest BCUT2D eigenvalue weighted by Crippen LogP contribution is -2.17. The molecule has 1 amide bonds. The van der Waals surface area contributed by atoms with Crippen LogP contribution in [0.5, 0.6) is 11.6 Å². The Kier molecular flexibility index (Phi) is 6.58. The Labute approximate surface area is 225 Å². The Morgan fingerprint density at radius 3 is 2.54 bits per heavy atom. The first-order valence-electron chi connectivity index (χ1n) is 13.0. The number of rotatable bonds is 8. The van der Waals surface area contributed by atoms with E-state index >= 15 is 0 Å². The molecule has 198 valence electrons. The number of hydrogen-bond donors (Lipinski definition) is 4. The highest BCUT2D eigenvalue weighted by molar-refractivity contribution is 5.98. The lowest BCUT2D eigenvalue weighted by molar-refractivity contribution is 0.0962. The van der Waals surface area contributed by atoms with E-state index in [4.69, 9.17) is 19.4 Å². The van der Waals surface area contributed by atoms with Crippen LogP contribution < -0.4 is 20.1 Å². The summed E-state index contributed by atoms with van der Waals surface area (Å²) in [6.45, 7) is 0. The highest BCUT2D eigenvalue weighted by atomic mass is 16.5. The van der Waals surface area contributed by atoms with Crippen molar-refractivity contribution in [1.82, 2.24) is 30.2 Å². The van der Waals surface area contributed by atoms with E-state index in [9.17, 15) is 4.79 Å². The molecule has 0 spiro atoms.